The highest BCUT2D eigenvalue weighted by molar-refractivity contribution is 5.92. The van der Waals surface area contributed by atoms with Gasteiger partial charge in [-0.1, -0.05) is 25.1 Å². The van der Waals surface area contributed by atoms with E-state index in [1.54, 1.807) is 22.0 Å². The van der Waals surface area contributed by atoms with E-state index in [-0.39, 0.29) is 12.0 Å². The molecule has 0 bridgehead atoms. The number of carbonyl (C=O) groups excluding carboxylic acids is 2. The second-order valence-electron chi connectivity index (χ2n) is 7.51. The summed E-state index contributed by atoms with van der Waals surface area (Å²) in [6.07, 6.45) is 3.95. The maximum absolute atomic E-state index is 12.5. The topological polar surface area (TPSA) is 59.1 Å². The van der Waals surface area contributed by atoms with E-state index in [1.165, 1.54) is 0 Å². The molecule has 1 aromatic rings. The van der Waals surface area contributed by atoms with Gasteiger partial charge in [0.05, 0.1) is 6.61 Å². The first-order valence-electron chi connectivity index (χ1n) is 9.47. The Labute approximate surface area is 161 Å². The van der Waals surface area contributed by atoms with Crippen LogP contribution in [0.1, 0.15) is 39.7 Å². The van der Waals surface area contributed by atoms with Crippen molar-refractivity contribution in [3.8, 4) is 5.75 Å². The first kappa shape index (κ1) is 20.8. The average molecular weight is 374 g/mol. The number of carbonyl (C=O) groups is 2. The van der Waals surface area contributed by atoms with E-state index in [4.69, 9.17) is 9.47 Å². The third-order valence-electron chi connectivity index (χ3n) is 4.03. The summed E-state index contributed by atoms with van der Waals surface area (Å²) in [5.41, 5.74) is 0.367. The Bertz CT molecular complexity index is 671. The third kappa shape index (κ3) is 6.62. The van der Waals surface area contributed by atoms with Crippen molar-refractivity contribution in [2.45, 2.75) is 39.7 Å². The van der Waals surface area contributed by atoms with Crippen LogP contribution in [0.15, 0.2) is 30.3 Å². The lowest BCUT2D eigenvalue weighted by Gasteiger charge is -2.35. The molecule has 1 saturated heterocycles. The molecule has 27 heavy (non-hydrogen) atoms. The zero-order valence-corrected chi connectivity index (χ0v) is 16.7. The van der Waals surface area contributed by atoms with Gasteiger partial charge < -0.3 is 19.3 Å². The molecular formula is C21H30N2O4. The van der Waals surface area contributed by atoms with Crippen LogP contribution in [0.2, 0.25) is 0 Å². The monoisotopic (exact) mass is 374 g/mol. The van der Waals surface area contributed by atoms with Crippen LogP contribution in [0.3, 0.4) is 0 Å². The van der Waals surface area contributed by atoms with Gasteiger partial charge in [0.1, 0.15) is 11.4 Å². The number of piperazine rings is 1. The smallest absolute Gasteiger partial charge is 0.410 e. The highest BCUT2D eigenvalue weighted by Crippen LogP contribution is 2.20. The SMILES string of the molecule is CCCOc1ccccc1/C=C/C(=O)N1CCN(C(=O)OC(C)(C)C)CC1. The number of benzene rings is 1. The summed E-state index contributed by atoms with van der Waals surface area (Å²) in [4.78, 5) is 28.0. The van der Waals surface area contributed by atoms with E-state index in [2.05, 4.69) is 6.92 Å². The fourth-order valence-electron chi connectivity index (χ4n) is 2.66. The second kappa shape index (κ2) is 9.44. The highest BCUT2D eigenvalue weighted by Gasteiger charge is 2.26. The van der Waals surface area contributed by atoms with Crippen LogP contribution >= 0.6 is 0 Å². The van der Waals surface area contributed by atoms with Gasteiger partial charge in [0.2, 0.25) is 5.91 Å². The van der Waals surface area contributed by atoms with Crippen molar-refractivity contribution in [2.24, 2.45) is 0 Å². The van der Waals surface area contributed by atoms with Gasteiger partial charge in [0.15, 0.2) is 0 Å². The molecule has 0 N–H and O–H groups in total. The van der Waals surface area contributed by atoms with E-state index in [0.717, 1.165) is 17.7 Å². The van der Waals surface area contributed by atoms with Gasteiger partial charge in [0, 0.05) is 37.8 Å². The van der Waals surface area contributed by atoms with E-state index in [0.29, 0.717) is 32.8 Å². The molecule has 0 radical (unpaired) electrons. The Kier molecular flexibility index (Phi) is 7.28. The molecule has 0 aliphatic carbocycles. The average Bonchev–Trinajstić information content (AvgIpc) is 2.63. The van der Waals surface area contributed by atoms with Crippen molar-refractivity contribution in [1.29, 1.82) is 0 Å². The lowest BCUT2D eigenvalue weighted by Crippen LogP contribution is -2.51. The van der Waals surface area contributed by atoms with Crippen LogP contribution in [0.4, 0.5) is 4.79 Å². The van der Waals surface area contributed by atoms with Crippen LogP contribution in [-0.4, -0.2) is 60.2 Å². The number of amides is 2. The molecule has 0 unspecified atom stereocenters. The van der Waals surface area contributed by atoms with Crippen molar-refractivity contribution in [3.05, 3.63) is 35.9 Å². The summed E-state index contributed by atoms with van der Waals surface area (Å²) in [6, 6.07) is 7.66. The molecule has 2 rings (SSSR count). The van der Waals surface area contributed by atoms with E-state index in [9.17, 15) is 9.59 Å². The maximum atomic E-state index is 12.5. The Morgan fingerprint density at radius 1 is 1.07 bits per heavy atom. The molecule has 1 heterocycles. The molecule has 0 saturated carbocycles. The van der Waals surface area contributed by atoms with Crippen LogP contribution in [0.5, 0.6) is 5.75 Å². The zero-order chi connectivity index (χ0) is 19.9. The fraction of sp³-hybridized carbons (Fsp3) is 0.524. The van der Waals surface area contributed by atoms with Crippen molar-refractivity contribution < 1.29 is 19.1 Å². The van der Waals surface area contributed by atoms with Gasteiger partial charge in [-0.25, -0.2) is 4.79 Å². The first-order valence-corrected chi connectivity index (χ1v) is 9.47. The Balaban J connectivity index is 1.89. The van der Waals surface area contributed by atoms with E-state index < -0.39 is 5.60 Å². The number of hydrogen-bond acceptors (Lipinski definition) is 4. The van der Waals surface area contributed by atoms with Gasteiger partial charge in [-0.15, -0.1) is 0 Å². The summed E-state index contributed by atoms with van der Waals surface area (Å²) in [5, 5.41) is 0. The second-order valence-corrected chi connectivity index (χ2v) is 7.51. The molecule has 0 atom stereocenters. The standard InChI is InChI=1S/C21H30N2O4/c1-5-16-26-18-9-7-6-8-17(18)10-11-19(24)22-12-14-23(15-13-22)20(25)27-21(2,3)4/h6-11H,5,12-16H2,1-4H3/b11-10+. The van der Waals surface area contributed by atoms with Gasteiger partial charge in [-0.05, 0) is 39.3 Å². The molecule has 6 nitrogen and oxygen atoms in total. The molecule has 6 heteroatoms. The molecule has 1 fully saturated rings. The van der Waals surface area contributed by atoms with Crippen LogP contribution in [-0.2, 0) is 9.53 Å². The summed E-state index contributed by atoms with van der Waals surface area (Å²) < 4.78 is 11.1. The third-order valence-corrected chi connectivity index (χ3v) is 4.03. The van der Waals surface area contributed by atoms with Crippen LogP contribution < -0.4 is 4.74 Å². The number of rotatable bonds is 5. The Morgan fingerprint density at radius 2 is 1.70 bits per heavy atom. The minimum Gasteiger partial charge on any atom is -0.493 e. The Hall–Kier alpha value is -2.50. The largest absolute Gasteiger partial charge is 0.493 e. The molecule has 1 aliphatic rings. The van der Waals surface area contributed by atoms with Crippen molar-refractivity contribution >= 4 is 18.1 Å². The fourth-order valence-corrected chi connectivity index (χ4v) is 2.66. The van der Waals surface area contributed by atoms with Crippen LogP contribution in [0, 0.1) is 0 Å². The molecule has 0 aromatic heterocycles. The number of nitrogens with zero attached hydrogens (tertiary/aromatic N) is 2. The number of para-hydroxylation sites is 1. The predicted molar refractivity (Wildman–Crippen MR) is 106 cm³/mol. The molecule has 2 amide bonds. The van der Waals surface area contributed by atoms with Gasteiger partial charge in [0.25, 0.3) is 0 Å². The van der Waals surface area contributed by atoms with Gasteiger partial charge in [-0.2, -0.15) is 0 Å². The van der Waals surface area contributed by atoms with Crippen molar-refractivity contribution in [2.75, 3.05) is 32.8 Å². The minimum absolute atomic E-state index is 0.0656. The minimum atomic E-state index is -0.514. The summed E-state index contributed by atoms with van der Waals surface area (Å²) in [6.45, 7) is 10.2. The van der Waals surface area contributed by atoms with Crippen LogP contribution in [0.25, 0.3) is 6.08 Å². The summed E-state index contributed by atoms with van der Waals surface area (Å²) >= 11 is 0. The van der Waals surface area contributed by atoms with E-state index in [1.807, 2.05) is 45.0 Å². The van der Waals surface area contributed by atoms with E-state index >= 15 is 0 Å². The summed E-state index contributed by atoms with van der Waals surface area (Å²) in [7, 11) is 0. The molecule has 1 aromatic carbocycles. The molecule has 148 valence electrons. The molecular weight excluding hydrogens is 344 g/mol. The predicted octanol–water partition coefficient (Wildman–Crippen LogP) is 3.57. The molecule has 0 spiro atoms. The molecule has 1 aliphatic heterocycles. The van der Waals surface area contributed by atoms with Gasteiger partial charge >= 0.3 is 6.09 Å². The lowest BCUT2D eigenvalue weighted by molar-refractivity contribution is -0.127. The van der Waals surface area contributed by atoms with Gasteiger partial charge in [-0.3, -0.25) is 4.79 Å². The lowest BCUT2D eigenvalue weighted by atomic mass is 10.2. The highest BCUT2D eigenvalue weighted by atomic mass is 16.6. The maximum Gasteiger partial charge on any atom is 0.410 e. The first-order chi connectivity index (χ1) is 12.8. The van der Waals surface area contributed by atoms with Crippen molar-refractivity contribution in [3.63, 3.8) is 0 Å². The summed E-state index contributed by atoms with van der Waals surface area (Å²) in [5.74, 6) is 0.710. The number of hydrogen-bond donors (Lipinski definition) is 0. The number of ether oxygens (including phenoxy) is 2. The Morgan fingerprint density at radius 3 is 2.33 bits per heavy atom. The quantitative estimate of drug-likeness (QED) is 0.740. The zero-order valence-electron chi connectivity index (χ0n) is 16.7. The normalized spacial score (nSPS) is 15.1. The van der Waals surface area contributed by atoms with Crippen molar-refractivity contribution in [1.82, 2.24) is 9.80 Å².